The van der Waals surface area contributed by atoms with Crippen LogP contribution in [0.25, 0.3) is 5.69 Å². The van der Waals surface area contributed by atoms with Crippen molar-refractivity contribution < 1.29 is 22.7 Å². The number of methoxy groups -OCH3 is 1. The molecule has 3 aromatic rings. The van der Waals surface area contributed by atoms with Gasteiger partial charge in [0.05, 0.1) is 24.6 Å². The van der Waals surface area contributed by atoms with E-state index in [1.807, 2.05) is 0 Å². The van der Waals surface area contributed by atoms with Crippen LogP contribution in [0.2, 0.25) is 5.02 Å². The molecule has 0 bridgehead atoms. The van der Waals surface area contributed by atoms with Crippen LogP contribution in [0.15, 0.2) is 54.7 Å². The second-order valence-electron chi connectivity index (χ2n) is 6.31. The Balaban J connectivity index is 1.93. The molecule has 0 aliphatic carbocycles. The maximum Gasteiger partial charge on any atom is 0.434 e. The fraction of sp³-hybridized carbons (Fsp3) is 0.200. The number of hydrogen-bond acceptors (Lipinski definition) is 3. The fourth-order valence-electron chi connectivity index (χ4n) is 2.86. The maximum atomic E-state index is 13.8. The van der Waals surface area contributed by atoms with Crippen molar-refractivity contribution in [2.45, 2.75) is 12.7 Å². The topological polar surface area (TPSA) is 47.4 Å². The van der Waals surface area contributed by atoms with E-state index in [1.165, 1.54) is 43.3 Å². The highest BCUT2D eigenvalue weighted by Gasteiger charge is 2.41. The predicted molar refractivity (Wildman–Crippen MR) is 102 cm³/mol. The monoisotopic (exact) mass is 423 g/mol. The molecule has 29 heavy (non-hydrogen) atoms. The molecule has 0 atom stereocenters. The second-order valence-corrected chi connectivity index (χ2v) is 6.74. The summed E-state index contributed by atoms with van der Waals surface area (Å²) in [5, 5.41) is 4.06. The third kappa shape index (κ3) is 4.54. The van der Waals surface area contributed by atoms with Crippen LogP contribution in [0.3, 0.4) is 0 Å². The number of ether oxygens (including phenoxy) is 1. The summed E-state index contributed by atoms with van der Waals surface area (Å²) in [5.74, 6) is -0.147. The smallest absolute Gasteiger partial charge is 0.434 e. The molecule has 0 spiro atoms. The van der Waals surface area contributed by atoms with Gasteiger partial charge in [-0.1, -0.05) is 29.8 Å². The number of carbonyl (C=O) groups excluding carboxylic acids is 1. The Bertz CT molecular complexity index is 1020. The molecule has 9 heteroatoms. The third-order valence-corrected chi connectivity index (χ3v) is 4.48. The molecule has 0 saturated heterocycles. The molecule has 0 fully saturated rings. The number of aromatic nitrogens is 2. The van der Waals surface area contributed by atoms with Gasteiger partial charge < -0.3 is 9.64 Å². The predicted octanol–water partition coefficient (Wildman–Crippen LogP) is 4.83. The van der Waals surface area contributed by atoms with Crippen molar-refractivity contribution in [1.82, 2.24) is 14.7 Å². The quantitative estimate of drug-likeness (QED) is 0.590. The van der Waals surface area contributed by atoms with Crippen molar-refractivity contribution in [3.63, 3.8) is 0 Å². The molecule has 2 aromatic carbocycles. The lowest BCUT2D eigenvalue weighted by molar-refractivity contribution is -0.143. The maximum absolute atomic E-state index is 13.8. The van der Waals surface area contributed by atoms with Gasteiger partial charge in [0.2, 0.25) is 0 Å². The molecule has 152 valence electrons. The van der Waals surface area contributed by atoms with Crippen molar-refractivity contribution in [1.29, 1.82) is 0 Å². The summed E-state index contributed by atoms with van der Waals surface area (Å²) in [6, 6.07) is 12.7. The van der Waals surface area contributed by atoms with Crippen molar-refractivity contribution in [3.8, 4) is 11.4 Å². The van der Waals surface area contributed by atoms with E-state index in [9.17, 15) is 18.0 Å². The molecule has 1 heterocycles. The molecule has 0 unspecified atom stereocenters. The zero-order chi connectivity index (χ0) is 21.2. The fourth-order valence-corrected chi connectivity index (χ4v) is 3.05. The van der Waals surface area contributed by atoms with E-state index in [2.05, 4.69) is 5.10 Å². The van der Waals surface area contributed by atoms with Gasteiger partial charge in [0, 0.05) is 18.6 Å². The van der Waals surface area contributed by atoms with Crippen LogP contribution in [0, 0.1) is 0 Å². The molecule has 1 aromatic heterocycles. The van der Waals surface area contributed by atoms with Gasteiger partial charge in [0.25, 0.3) is 5.91 Å². The van der Waals surface area contributed by atoms with Gasteiger partial charge in [-0.25, -0.2) is 4.68 Å². The average Bonchev–Trinajstić information content (AvgIpc) is 3.13. The van der Waals surface area contributed by atoms with Gasteiger partial charge in [-0.2, -0.15) is 18.3 Å². The van der Waals surface area contributed by atoms with E-state index >= 15 is 0 Å². The lowest BCUT2D eigenvalue weighted by atomic mass is 10.1. The van der Waals surface area contributed by atoms with Crippen LogP contribution in [-0.2, 0) is 12.7 Å². The first kappa shape index (κ1) is 20.7. The molecule has 3 rings (SSSR count). The highest BCUT2D eigenvalue weighted by molar-refractivity contribution is 6.30. The highest BCUT2D eigenvalue weighted by Crippen LogP contribution is 2.34. The zero-order valence-corrected chi connectivity index (χ0v) is 16.3. The molecule has 1 amide bonds. The highest BCUT2D eigenvalue weighted by atomic mass is 35.5. The van der Waals surface area contributed by atoms with E-state index < -0.39 is 23.3 Å². The first-order valence-electron chi connectivity index (χ1n) is 8.50. The molecule has 0 aliphatic rings. The Morgan fingerprint density at radius 2 is 1.90 bits per heavy atom. The van der Waals surface area contributed by atoms with Gasteiger partial charge >= 0.3 is 6.18 Å². The van der Waals surface area contributed by atoms with E-state index in [4.69, 9.17) is 16.3 Å². The summed E-state index contributed by atoms with van der Waals surface area (Å²) in [5.41, 5.74) is -0.820. The largest absolute Gasteiger partial charge is 0.497 e. The Morgan fingerprint density at radius 3 is 2.48 bits per heavy atom. The van der Waals surface area contributed by atoms with Gasteiger partial charge in [0.15, 0.2) is 5.69 Å². The van der Waals surface area contributed by atoms with Crippen molar-refractivity contribution in [3.05, 3.63) is 76.6 Å². The number of benzene rings is 2. The van der Waals surface area contributed by atoms with E-state index in [0.717, 1.165) is 11.8 Å². The Kier molecular flexibility index (Phi) is 5.83. The number of alkyl halides is 3. The number of nitrogens with zero attached hydrogens (tertiary/aromatic N) is 3. The molecule has 0 saturated carbocycles. The SMILES string of the molecule is COc1ccc(CN(C)C(=O)c2cnn(-c3cccc(Cl)c3)c2C(F)(F)F)cc1. The standard InChI is InChI=1S/C20H17ClF3N3O2/c1-26(12-13-6-8-16(29-2)9-7-13)19(28)17-11-25-27(18(17)20(22,23)24)15-5-3-4-14(21)10-15/h3-11H,12H2,1-2H3. The lowest BCUT2D eigenvalue weighted by Crippen LogP contribution is -2.28. The first-order valence-corrected chi connectivity index (χ1v) is 8.88. The summed E-state index contributed by atoms with van der Waals surface area (Å²) in [6.45, 7) is 0.127. The summed E-state index contributed by atoms with van der Waals surface area (Å²) >= 11 is 5.89. The normalized spacial score (nSPS) is 11.4. The zero-order valence-electron chi connectivity index (χ0n) is 15.6. The first-order chi connectivity index (χ1) is 13.7. The van der Waals surface area contributed by atoms with Crippen molar-refractivity contribution >= 4 is 17.5 Å². The molecule has 0 N–H and O–H groups in total. The molecule has 0 aliphatic heterocycles. The van der Waals surface area contributed by atoms with Crippen LogP contribution in [0.4, 0.5) is 13.2 Å². The Labute approximate surface area is 170 Å². The summed E-state index contributed by atoms with van der Waals surface area (Å²) in [7, 11) is 2.96. The van der Waals surface area contributed by atoms with E-state index in [-0.39, 0.29) is 17.3 Å². The molecule has 0 radical (unpaired) electrons. The van der Waals surface area contributed by atoms with Gasteiger partial charge in [-0.15, -0.1) is 0 Å². The van der Waals surface area contributed by atoms with Gasteiger partial charge in [-0.3, -0.25) is 4.79 Å². The van der Waals surface area contributed by atoms with Crippen LogP contribution in [0.1, 0.15) is 21.6 Å². The summed E-state index contributed by atoms with van der Waals surface area (Å²) < 4.78 is 47.1. The van der Waals surface area contributed by atoms with E-state index in [1.54, 1.807) is 24.3 Å². The minimum atomic E-state index is -4.79. The summed E-state index contributed by atoms with van der Waals surface area (Å²) in [6.07, 6.45) is -3.86. The molecule has 5 nitrogen and oxygen atoms in total. The summed E-state index contributed by atoms with van der Waals surface area (Å²) in [4.78, 5) is 14.0. The number of halogens is 4. The van der Waals surface area contributed by atoms with Crippen molar-refractivity contribution in [2.75, 3.05) is 14.2 Å². The second kappa shape index (κ2) is 8.16. The van der Waals surface area contributed by atoms with Crippen LogP contribution in [-0.4, -0.2) is 34.7 Å². The number of amides is 1. The number of carbonyl (C=O) groups is 1. The Hall–Kier alpha value is -3.00. The number of rotatable bonds is 5. The van der Waals surface area contributed by atoms with Crippen LogP contribution in [0.5, 0.6) is 5.75 Å². The van der Waals surface area contributed by atoms with Gasteiger partial charge in [-0.05, 0) is 35.9 Å². The molecular formula is C20H17ClF3N3O2. The van der Waals surface area contributed by atoms with E-state index in [0.29, 0.717) is 10.4 Å². The number of hydrogen-bond donors (Lipinski definition) is 0. The van der Waals surface area contributed by atoms with Crippen LogP contribution < -0.4 is 4.74 Å². The van der Waals surface area contributed by atoms with Crippen molar-refractivity contribution in [2.24, 2.45) is 0 Å². The van der Waals surface area contributed by atoms with Crippen LogP contribution >= 0.6 is 11.6 Å². The molecular weight excluding hydrogens is 407 g/mol. The minimum absolute atomic E-state index is 0.113. The third-order valence-electron chi connectivity index (χ3n) is 4.25. The average molecular weight is 424 g/mol. The minimum Gasteiger partial charge on any atom is -0.497 e. The lowest BCUT2D eigenvalue weighted by Gasteiger charge is -2.19. The van der Waals surface area contributed by atoms with Gasteiger partial charge in [0.1, 0.15) is 5.75 Å². The Morgan fingerprint density at radius 1 is 1.21 bits per heavy atom.